The molecule has 0 aromatic heterocycles. The van der Waals surface area contributed by atoms with Crippen molar-refractivity contribution in [1.29, 1.82) is 0 Å². The standard InChI is InChI=1S/C19H29N3O4/c1-13-4-3-5-14(2)15(13)12-17(24)20-9-8-16(23)21-10-11-22-18(25)6-7-19(22)26/h6-7,13-15H,3-5,8-12H2,1-2H3,(H,20,24)(H,21,23). The van der Waals surface area contributed by atoms with Gasteiger partial charge in [-0.25, -0.2) is 0 Å². The highest BCUT2D eigenvalue weighted by Crippen LogP contribution is 2.36. The molecule has 0 radical (unpaired) electrons. The number of rotatable bonds is 8. The summed E-state index contributed by atoms with van der Waals surface area (Å²) in [6, 6.07) is 0. The van der Waals surface area contributed by atoms with Crippen LogP contribution in [0.5, 0.6) is 0 Å². The van der Waals surface area contributed by atoms with Crippen LogP contribution in [0.25, 0.3) is 0 Å². The lowest BCUT2D eigenvalue weighted by Crippen LogP contribution is -2.39. The van der Waals surface area contributed by atoms with Gasteiger partial charge in [-0.15, -0.1) is 0 Å². The Morgan fingerprint density at radius 2 is 1.58 bits per heavy atom. The third-order valence-corrected chi connectivity index (χ3v) is 5.43. The summed E-state index contributed by atoms with van der Waals surface area (Å²) in [4.78, 5) is 47.7. The molecule has 2 aliphatic rings. The average Bonchev–Trinajstić information content (AvgIpc) is 2.90. The van der Waals surface area contributed by atoms with Gasteiger partial charge in [0.15, 0.2) is 0 Å². The summed E-state index contributed by atoms with van der Waals surface area (Å²) in [5.41, 5.74) is 0. The van der Waals surface area contributed by atoms with Crippen LogP contribution in [0, 0.1) is 17.8 Å². The molecular weight excluding hydrogens is 334 g/mol. The molecule has 0 saturated heterocycles. The van der Waals surface area contributed by atoms with Gasteiger partial charge in [-0.05, 0) is 17.8 Å². The van der Waals surface area contributed by atoms with Gasteiger partial charge in [-0.3, -0.25) is 24.1 Å². The van der Waals surface area contributed by atoms with Crippen molar-refractivity contribution in [3.05, 3.63) is 12.2 Å². The highest BCUT2D eigenvalue weighted by atomic mass is 16.2. The fourth-order valence-electron chi connectivity index (χ4n) is 3.80. The van der Waals surface area contributed by atoms with E-state index >= 15 is 0 Å². The molecule has 26 heavy (non-hydrogen) atoms. The second kappa shape index (κ2) is 9.50. The van der Waals surface area contributed by atoms with E-state index in [1.165, 1.54) is 31.4 Å². The molecule has 144 valence electrons. The smallest absolute Gasteiger partial charge is 0.253 e. The maximum absolute atomic E-state index is 12.1. The first-order valence-electron chi connectivity index (χ1n) is 9.45. The minimum Gasteiger partial charge on any atom is -0.356 e. The van der Waals surface area contributed by atoms with E-state index in [2.05, 4.69) is 24.5 Å². The Morgan fingerprint density at radius 3 is 2.19 bits per heavy atom. The number of hydrogen-bond acceptors (Lipinski definition) is 4. The molecule has 1 aliphatic heterocycles. The molecule has 1 fully saturated rings. The number of carbonyl (C=O) groups excluding carboxylic acids is 4. The Labute approximate surface area is 154 Å². The van der Waals surface area contributed by atoms with Crippen molar-refractivity contribution >= 4 is 23.6 Å². The summed E-state index contributed by atoms with van der Waals surface area (Å²) in [6.45, 7) is 5.09. The number of hydrogen-bond donors (Lipinski definition) is 2. The summed E-state index contributed by atoms with van der Waals surface area (Å²) < 4.78 is 0. The van der Waals surface area contributed by atoms with Crippen LogP contribution in [0.15, 0.2) is 12.2 Å². The van der Waals surface area contributed by atoms with Gasteiger partial charge in [0.2, 0.25) is 11.8 Å². The molecule has 1 aliphatic carbocycles. The van der Waals surface area contributed by atoms with Crippen LogP contribution < -0.4 is 10.6 Å². The number of nitrogens with zero attached hydrogens (tertiary/aromatic N) is 1. The van der Waals surface area contributed by atoms with Gasteiger partial charge in [0, 0.05) is 44.6 Å². The van der Waals surface area contributed by atoms with Crippen molar-refractivity contribution in [3.8, 4) is 0 Å². The Bertz CT molecular complexity index is 559. The van der Waals surface area contributed by atoms with E-state index in [4.69, 9.17) is 0 Å². The third-order valence-electron chi connectivity index (χ3n) is 5.43. The lowest BCUT2D eigenvalue weighted by Gasteiger charge is -2.34. The minimum atomic E-state index is -0.359. The predicted octanol–water partition coefficient (Wildman–Crippen LogP) is 0.996. The van der Waals surface area contributed by atoms with Crippen LogP contribution in [-0.2, 0) is 19.2 Å². The lowest BCUT2D eigenvalue weighted by atomic mass is 9.72. The van der Waals surface area contributed by atoms with Crippen LogP contribution in [0.3, 0.4) is 0 Å². The molecule has 0 bridgehead atoms. The van der Waals surface area contributed by atoms with Crippen molar-refractivity contribution < 1.29 is 19.2 Å². The maximum Gasteiger partial charge on any atom is 0.253 e. The zero-order valence-corrected chi connectivity index (χ0v) is 15.6. The topological polar surface area (TPSA) is 95.6 Å². The van der Waals surface area contributed by atoms with Crippen LogP contribution in [0.1, 0.15) is 46.0 Å². The normalized spacial score (nSPS) is 25.5. The number of nitrogens with one attached hydrogen (secondary N) is 2. The molecule has 2 N–H and O–H groups in total. The summed E-state index contributed by atoms with van der Waals surface area (Å²) >= 11 is 0. The fourth-order valence-corrected chi connectivity index (χ4v) is 3.80. The van der Waals surface area contributed by atoms with E-state index in [9.17, 15) is 19.2 Å². The highest BCUT2D eigenvalue weighted by molar-refractivity contribution is 6.12. The number of imide groups is 1. The second-order valence-electron chi connectivity index (χ2n) is 7.36. The maximum atomic E-state index is 12.1. The summed E-state index contributed by atoms with van der Waals surface area (Å²) in [5, 5.41) is 5.47. The molecule has 1 saturated carbocycles. The second-order valence-corrected chi connectivity index (χ2v) is 7.36. The molecule has 4 amide bonds. The van der Waals surface area contributed by atoms with E-state index in [1.807, 2.05) is 0 Å². The molecule has 2 unspecified atom stereocenters. The van der Waals surface area contributed by atoms with Crippen LogP contribution >= 0.6 is 0 Å². The monoisotopic (exact) mass is 363 g/mol. The van der Waals surface area contributed by atoms with Crippen molar-refractivity contribution in [2.45, 2.75) is 46.0 Å². The van der Waals surface area contributed by atoms with Gasteiger partial charge >= 0.3 is 0 Å². The quantitative estimate of drug-likeness (QED) is 0.629. The predicted molar refractivity (Wildman–Crippen MR) is 96.8 cm³/mol. The van der Waals surface area contributed by atoms with E-state index in [-0.39, 0.29) is 43.1 Å². The van der Waals surface area contributed by atoms with E-state index in [1.54, 1.807) is 0 Å². The number of carbonyl (C=O) groups is 4. The summed E-state index contributed by atoms with van der Waals surface area (Å²) in [7, 11) is 0. The largest absolute Gasteiger partial charge is 0.356 e. The highest BCUT2D eigenvalue weighted by Gasteiger charge is 2.29. The Hall–Kier alpha value is -2.18. The van der Waals surface area contributed by atoms with Gasteiger partial charge in [0.1, 0.15) is 0 Å². The van der Waals surface area contributed by atoms with Crippen molar-refractivity contribution in [3.63, 3.8) is 0 Å². The zero-order valence-electron chi connectivity index (χ0n) is 15.6. The molecule has 7 heteroatoms. The third kappa shape index (κ3) is 5.68. The first kappa shape index (κ1) is 20.1. The molecule has 0 aromatic rings. The van der Waals surface area contributed by atoms with Crippen molar-refractivity contribution in [2.75, 3.05) is 19.6 Å². The first-order chi connectivity index (χ1) is 12.4. The molecule has 7 nitrogen and oxygen atoms in total. The molecule has 2 rings (SSSR count). The number of amides is 4. The first-order valence-corrected chi connectivity index (χ1v) is 9.45. The van der Waals surface area contributed by atoms with Crippen molar-refractivity contribution in [2.24, 2.45) is 17.8 Å². The SMILES string of the molecule is CC1CCCC(C)C1CC(=O)NCCC(=O)NCCN1C(=O)C=CC1=O. The average molecular weight is 363 g/mol. The van der Waals surface area contributed by atoms with Gasteiger partial charge in [-0.2, -0.15) is 0 Å². The molecule has 0 aromatic carbocycles. The summed E-state index contributed by atoms with van der Waals surface area (Å²) in [5.74, 6) is 0.628. The summed E-state index contributed by atoms with van der Waals surface area (Å²) in [6.07, 6.45) is 6.75. The van der Waals surface area contributed by atoms with Gasteiger partial charge < -0.3 is 10.6 Å². The van der Waals surface area contributed by atoms with E-state index in [0.29, 0.717) is 30.7 Å². The molecule has 2 atom stereocenters. The lowest BCUT2D eigenvalue weighted by molar-refractivity contribution is -0.137. The van der Waals surface area contributed by atoms with Crippen LogP contribution in [0.2, 0.25) is 0 Å². The van der Waals surface area contributed by atoms with Gasteiger partial charge in [0.05, 0.1) is 0 Å². The van der Waals surface area contributed by atoms with Gasteiger partial charge in [0.25, 0.3) is 11.8 Å². The van der Waals surface area contributed by atoms with Crippen LogP contribution in [-0.4, -0.2) is 48.2 Å². The Balaban J connectivity index is 1.58. The van der Waals surface area contributed by atoms with E-state index in [0.717, 1.165) is 4.90 Å². The Morgan fingerprint density at radius 1 is 1.00 bits per heavy atom. The zero-order chi connectivity index (χ0) is 19.1. The Kier molecular flexibility index (Phi) is 7.36. The molecular formula is C19H29N3O4. The van der Waals surface area contributed by atoms with E-state index < -0.39 is 0 Å². The van der Waals surface area contributed by atoms with Crippen LogP contribution in [0.4, 0.5) is 0 Å². The fraction of sp³-hybridized carbons (Fsp3) is 0.684. The molecule has 1 heterocycles. The molecule has 0 spiro atoms. The van der Waals surface area contributed by atoms with Gasteiger partial charge in [-0.1, -0.05) is 33.1 Å². The minimum absolute atomic E-state index is 0.00253. The van der Waals surface area contributed by atoms with Crippen molar-refractivity contribution in [1.82, 2.24) is 15.5 Å².